The first-order valence-corrected chi connectivity index (χ1v) is 5.23. The zero-order valence-electron chi connectivity index (χ0n) is 8.65. The maximum absolute atomic E-state index is 6.24. The van der Waals surface area contributed by atoms with E-state index < -0.39 is 0 Å². The van der Waals surface area contributed by atoms with Crippen LogP contribution in [0.4, 0.5) is 0 Å². The molecule has 2 rings (SSSR count). The number of aromatic nitrogens is 1. The molecule has 0 unspecified atom stereocenters. The first-order chi connectivity index (χ1) is 6.79. The molecule has 0 saturated carbocycles. The van der Waals surface area contributed by atoms with Gasteiger partial charge in [0.05, 0.1) is 0 Å². The Morgan fingerprint density at radius 3 is 2.79 bits per heavy atom. The van der Waals surface area contributed by atoms with Crippen molar-refractivity contribution in [1.29, 1.82) is 0 Å². The number of hydrogen-bond acceptors (Lipinski definition) is 2. The summed E-state index contributed by atoms with van der Waals surface area (Å²) in [5.41, 5.74) is 7.47. The number of hydrogen-bond donors (Lipinski definition) is 1. The van der Waals surface area contributed by atoms with Crippen molar-refractivity contribution in [3.8, 4) is 0 Å². The molecule has 0 aliphatic carbocycles. The molecule has 1 saturated heterocycles. The van der Waals surface area contributed by atoms with Gasteiger partial charge in [-0.3, -0.25) is 0 Å². The van der Waals surface area contributed by atoms with Crippen molar-refractivity contribution in [2.45, 2.75) is 18.9 Å². The molecule has 1 aliphatic rings. The third kappa shape index (κ3) is 1.83. The molecule has 3 heteroatoms. The van der Waals surface area contributed by atoms with Gasteiger partial charge in [-0.1, -0.05) is 0 Å². The summed E-state index contributed by atoms with van der Waals surface area (Å²) in [6.07, 6.45) is 4.23. The molecule has 0 spiro atoms. The predicted octanol–water partition coefficient (Wildman–Crippen LogP) is 1.45. The van der Waals surface area contributed by atoms with E-state index in [-0.39, 0.29) is 6.04 Å². The van der Waals surface area contributed by atoms with E-state index in [1.165, 1.54) is 5.69 Å². The van der Waals surface area contributed by atoms with Crippen LogP contribution in [0.3, 0.4) is 0 Å². The Morgan fingerprint density at radius 2 is 2.21 bits per heavy atom. The van der Waals surface area contributed by atoms with Crippen LogP contribution >= 0.6 is 0 Å². The molecule has 1 atom stereocenters. The fourth-order valence-corrected chi connectivity index (χ4v) is 2.14. The predicted molar refractivity (Wildman–Crippen MR) is 55.9 cm³/mol. The fraction of sp³-hybridized carbons (Fsp3) is 0.636. The Hall–Kier alpha value is -0.800. The maximum atomic E-state index is 6.24. The lowest BCUT2D eigenvalue weighted by Gasteiger charge is -2.27. The molecule has 1 aromatic rings. The smallest absolute Gasteiger partial charge is 0.0480 e. The van der Waals surface area contributed by atoms with Crippen LogP contribution in [0.5, 0.6) is 0 Å². The third-order valence-corrected chi connectivity index (χ3v) is 3.10. The Labute approximate surface area is 84.9 Å². The lowest BCUT2D eigenvalue weighted by molar-refractivity contribution is 0.0576. The lowest BCUT2D eigenvalue weighted by Crippen LogP contribution is -2.28. The second kappa shape index (κ2) is 4.15. The average Bonchev–Trinajstić information content (AvgIpc) is 2.65. The van der Waals surface area contributed by atoms with Crippen molar-refractivity contribution < 1.29 is 4.74 Å². The summed E-state index contributed by atoms with van der Waals surface area (Å²) in [5, 5.41) is 0. The highest BCUT2D eigenvalue weighted by Gasteiger charge is 2.23. The monoisotopic (exact) mass is 194 g/mol. The van der Waals surface area contributed by atoms with Gasteiger partial charge in [-0.2, -0.15) is 0 Å². The second-order valence-electron chi connectivity index (χ2n) is 4.02. The zero-order chi connectivity index (χ0) is 9.97. The van der Waals surface area contributed by atoms with E-state index in [0.717, 1.165) is 26.1 Å². The molecule has 0 radical (unpaired) electrons. The Kier molecular flexibility index (Phi) is 2.89. The van der Waals surface area contributed by atoms with E-state index >= 15 is 0 Å². The van der Waals surface area contributed by atoms with E-state index in [1.807, 2.05) is 0 Å². The normalized spacial score (nSPS) is 21.0. The van der Waals surface area contributed by atoms with E-state index in [0.29, 0.717) is 5.92 Å². The Bertz CT molecular complexity index is 289. The molecule has 0 bridgehead atoms. The van der Waals surface area contributed by atoms with Crippen molar-refractivity contribution in [2.24, 2.45) is 18.7 Å². The van der Waals surface area contributed by atoms with Gasteiger partial charge in [0.1, 0.15) is 0 Å². The molecule has 2 heterocycles. The minimum atomic E-state index is 0.166. The van der Waals surface area contributed by atoms with Crippen molar-refractivity contribution in [1.82, 2.24) is 4.57 Å². The molecule has 1 aromatic heterocycles. The Balaban J connectivity index is 2.07. The number of rotatable bonds is 2. The summed E-state index contributed by atoms with van der Waals surface area (Å²) in [6, 6.07) is 4.33. The molecular weight excluding hydrogens is 176 g/mol. The van der Waals surface area contributed by atoms with Gasteiger partial charge in [0.15, 0.2) is 0 Å². The lowest BCUT2D eigenvalue weighted by atomic mass is 9.90. The fourth-order valence-electron chi connectivity index (χ4n) is 2.14. The first kappa shape index (κ1) is 9.74. The van der Waals surface area contributed by atoms with E-state index in [1.54, 1.807) is 0 Å². The van der Waals surface area contributed by atoms with Gasteiger partial charge in [-0.05, 0) is 30.9 Å². The highest BCUT2D eigenvalue weighted by Crippen LogP contribution is 2.27. The van der Waals surface area contributed by atoms with Crippen LogP contribution in [-0.4, -0.2) is 17.8 Å². The van der Waals surface area contributed by atoms with Crippen molar-refractivity contribution in [3.05, 3.63) is 24.0 Å². The van der Waals surface area contributed by atoms with Crippen LogP contribution in [-0.2, 0) is 11.8 Å². The number of nitrogens with zero attached hydrogens (tertiary/aromatic N) is 1. The van der Waals surface area contributed by atoms with Crippen LogP contribution in [0.2, 0.25) is 0 Å². The summed E-state index contributed by atoms with van der Waals surface area (Å²) in [7, 11) is 2.05. The van der Waals surface area contributed by atoms with E-state index in [9.17, 15) is 0 Å². The van der Waals surface area contributed by atoms with Gasteiger partial charge in [-0.25, -0.2) is 0 Å². The van der Waals surface area contributed by atoms with Crippen molar-refractivity contribution in [2.75, 3.05) is 13.2 Å². The zero-order valence-corrected chi connectivity index (χ0v) is 8.65. The van der Waals surface area contributed by atoms with Crippen LogP contribution in [0, 0.1) is 5.92 Å². The summed E-state index contributed by atoms with van der Waals surface area (Å²) in [5.74, 6) is 0.581. The summed E-state index contributed by atoms with van der Waals surface area (Å²) < 4.78 is 7.45. The average molecular weight is 194 g/mol. The molecule has 14 heavy (non-hydrogen) atoms. The highest BCUT2D eigenvalue weighted by atomic mass is 16.5. The Morgan fingerprint density at radius 1 is 1.50 bits per heavy atom. The molecule has 0 aromatic carbocycles. The minimum absolute atomic E-state index is 0.166. The molecule has 1 aliphatic heterocycles. The minimum Gasteiger partial charge on any atom is -0.381 e. The van der Waals surface area contributed by atoms with Crippen molar-refractivity contribution in [3.63, 3.8) is 0 Å². The van der Waals surface area contributed by atoms with Crippen LogP contribution in [0.25, 0.3) is 0 Å². The summed E-state index contributed by atoms with van der Waals surface area (Å²) >= 11 is 0. The third-order valence-electron chi connectivity index (χ3n) is 3.10. The largest absolute Gasteiger partial charge is 0.381 e. The molecule has 1 fully saturated rings. The number of nitrogens with two attached hydrogens (primary N) is 1. The highest BCUT2D eigenvalue weighted by molar-refractivity contribution is 5.12. The topological polar surface area (TPSA) is 40.2 Å². The standard InChI is InChI=1S/C11H18N2O/c1-13-6-2-3-10(13)11(12)9-4-7-14-8-5-9/h2-3,6,9,11H,4-5,7-8,12H2,1H3/t11-/m1/s1. The second-order valence-corrected chi connectivity index (χ2v) is 4.02. The number of aryl methyl sites for hydroxylation is 1. The number of ether oxygens (including phenoxy) is 1. The van der Waals surface area contributed by atoms with Gasteiger partial charge >= 0.3 is 0 Å². The van der Waals surface area contributed by atoms with E-state index in [2.05, 4.69) is 29.9 Å². The van der Waals surface area contributed by atoms with Gasteiger partial charge in [0, 0.05) is 38.2 Å². The summed E-state index contributed by atoms with van der Waals surface area (Å²) in [4.78, 5) is 0. The van der Waals surface area contributed by atoms with Gasteiger partial charge in [0.2, 0.25) is 0 Å². The molecule has 0 amide bonds. The molecule has 2 N–H and O–H groups in total. The van der Waals surface area contributed by atoms with Crippen molar-refractivity contribution >= 4 is 0 Å². The van der Waals surface area contributed by atoms with Crippen LogP contribution in [0.1, 0.15) is 24.6 Å². The van der Waals surface area contributed by atoms with Gasteiger partial charge in [-0.15, -0.1) is 0 Å². The summed E-state index contributed by atoms with van der Waals surface area (Å²) in [6.45, 7) is 1.73. The van der Waals surface area contributed by atoms with Crippen LogP contribution in [0.15, 0.2) is 18.3 Å². The quantitative estimate of drug-likeness (QED) is 0.774. The molecular formula is C11H18N2O. The first-order valence-electron chi connectivity index (χ1n) is 5.23. The van der Waals surface area contributed by atoms with Crippen LogP contribution < -0.4 is 5.73 Å². The SMILES string of the molecule is Cn1cccc1[C@H](N)C1CCOCC1. The van der Waals surface area contributed by atoms with Gasteiger partial charge < -0.3 is 15.0 Å². The van der Waals surface area contributed by atoms with Gasteiger partial charge in [0.25, 0.3) is 0 Å². The maximum Gasteiger partial charge on any atom is 0.0480 e. The molecule has 3 nitrogen and oxygen atoms in total. The van der Waals surface area contributed by atoms with E-state index in [4.69, 9.17) is 10.5 Å². The molecule has 78 valence electrons.